The number of aromatic nitrogens is 5. The van der Waals surface area contributed by atoms with E-state index in [0.29, 0.717) is 17.5 Å². The SMILES string of the molecule is C1=C(c2nc(-c3ccccc3)nc(-c3ccccc3)n2)c2ccccc2-n2c3ccccc3c3cc4c(ccc5c6ccccc6n(-c6ccccc6)c45)c1c32. The minimum absolute atomic E-state index is 0.629. The summed E-state index contributed by atoms with van der Waals surface area (Å²) in [6.45, 7) is 0. The number of rotatable bonds is 4. The van der Waals surface area contributed by atoms with Crippen molar-refractivity contribution >= 4 is 66.0 Å². The van der Waals surface area contributed by atoms with Gasteiger partial charge in [0.1, 0.15) is 0 Å². The highest BCUT2D eigenvalue weighted by Crippen LogP contribution is 2.47. The normalized spacial score (nSPS) is 12.4. The summed E-state index contributed by atoms with van der Waals surface area (Å²) >= 11 is 0. The van der Waals surface area contributed by atoms with Crippen LogP contribution in [-0.2, 0) is 0 Å². The van der Waals surface area contributed by atoms with E-state index in [1.807, 2.05) is 36.4 Å². The van der Waals surface area contributed by atoms with Crippen molar-refractivity contribution in [1.82, 2.24) is 24.1 Å². The average Bonchev–Trinajstić information content (AvgIpc) is 3.73. The van der Waals surface area contributed by atoms with Crippen molar-refractivity contribution in [2.75, 3.05) is 0 Å². The van der Waals surface area contributed by atoms with Crippen LogP contribution in [0, 0.1) is 0 Å². The lowest BCUT2D eigenvalue weighted by atomic mass is 9.95. The Morgan fingerprint density at radius 3 is 1.57 bits per heavy atom. The molecular formula is C51H31N5. The third-order valence-corrected chi connectivity index (χ3v) is 11.3. The van der Waals surface area contributed by atoms with Crippen molar-refractivity contribution < 1.29 is 0 Å². The largest absolute Gasteiger partial charge is 0.309 e. The standard InChI is InChI=1S/C51H31N5/c1-4-16-32(17-5-1)49-52-50(33-18-6-2-7-19-33)54-51(53-49)43-31-41-35-28-29-39-36-22-10-13-25-44(36)55(34-20-8-3-9-21-34)47(39)40(35)30-42-37-23-11-14-26-45(37)56(48(41)42)46-27-15-12-24-38(43)46/h1-31H. The Hall–Kier alpha value is -7.63. The molecule has 0 spiro atoms. The zero-order chi connectivity index (χ0) is 36.7. The van der Waals surface area contributed by atoms with Crippen LogP contribution < -0.4 is 0 Å². The van der Waals surface area contributed by atoms with Gasteiger partial charge in [0.15, 0.2) is 17.5 Å². The van der Waals surface area contributed by atoms with E-state index in [9.17, 15) is 0 Å². The van der Waals surface area contributed by atoms with Crippen LogP contribution in [-0.4, -0.2) is 24.1 Å². The van der Waals surface area contributed by atoms with Crippen LogP contribution in [0.5, 0.6) is 0 Å². The molecule has 11 aromatic rings. The fraction of sp³-hybridized carbons (Fsp3) is 0. The van der Waals surface area contributed by atoms with Gasteiger partial charge >= 0.3 is 0 Å². The van der Waals surface area contributed by atoms with Gasteiger partial charge < -0.3 is 9.13 Å². The molecule has 0 bridgehead atoms. The van der Waals surface area contributed by atoms with Gasteiger partial charge in [-0.1, -0.05) is 146 Å². The topological polar surface area (TPSA) is 48.5 Å². The number of para-hydroxylation sites is 4. The molecule has 0 fully saturated rings. The fourth-order valence-corrected chi connectivity index (χ4v) is 8.89. The zero-order valence-electron chi connectivity index (χ0n) is 30.1. The van der Waals surface area contributed by atoms with Gasteiger partial charge in [0.2, 0.25) is 0 Å². The van der Waals surface area contributed by atoms with Crippen molar-refractivity contribution in [2.45, 2.75) is 0 Å². The molecule has 12 rings (SSSR count). The van der Waals surface area contributed by atoms with E-state index < -0.39 is 0 Å². The van der Waals surface area contributed by atoms with Crippen molar-refractivity contribution in [1.29, 1.82) is 0 Å². The molecule has 0 radical (unpaired) electrons. The molecule has 5 heteroatoms. The molecule has 0 unspecified atom stereocenters. The average molecular weight is 714 g/mol. The zero-order valence-corrected chi connectivity index (χ0v) is 30.1. The van der Waals surface area contributed by atoms with Crippen LogP contribution in [0.1, 0.15) is 17.0 Å². The Balaban J connectivity index is 1.26. The first-order valence-electron chi connectivity index (χ1n) is 19.0. The summed E-state index contributed by atoms with van der Waals surface area (Å²) in [6, 6.07) is 64.4. The van der Waals surface area contributed by atoms with E-state index >= 15 is 0 Å². The maximum atomic E-state index is 5.28. The first-order chi connectivity index (χ1) is 27.8. The summed E-state index contributed by atoms with van der Waals surface area (Å²) in [4.78, 5) is 15.6. The highest BCUT2D eigenvalue weighted by atomic mass is 15.0. The van der Waals surface area contributed by atoms with Crippen molar-refractivity contribution in [2.24, 2.45) is 0 Å². The highest BCUT2D eigenvalue weighted by molar-refractivity contribution is 6.26. The summed E-state index contributed by atoms with van der Waals surface area (Å²) in [5.41, 5.74) is 12.0. The maximum Gasteiger partial charge on any atom is 0.164 e. The van der Waals surface area contributed by atoms with Crippen LogP contribution in [0.4, 0.5) is 0 Å². The first kappa shape index (κ1) is 30.8. The lowest BCUT2D eigenvalue weighted by Crippen LogP contribution is -2.05. The number of benzene rings is 8. The van der Waals surface area contributed by atoms with Crippen LogP contribution in [0.2, 0.25) is 0 Å². The molecule has 56 heavy (non-hydrogen) atoms. The second-order valence-corrected chi connectivity index (χ2v) is 14.4. The number of fused-ring (bicyclic) bond motifs is 11. The summed E-state index contributed by atoms with van der Waals surface area (Å²) in [5.74, 6) is 1.91. The molecule has 260 valence electrons. The summed E-state index contributed by atoms with van der Waals surface area (Å²) in [5, 5.41) is 7.25. The van der Waals surface area contributed by atoms with Crippen LogP contribution in [0.3, 0.4) is 0 Å². The smallest absolute Gasteiger partial charge is 0.164 e. The maximum absolute atomic E-state index is 5.28. The molecule has 0 saturated carbocycles. The molecule has 1 aliphatic heterocycles. The van der Waals surface area contributed by atoms with Gasteiger partial charge in [-0.2, -0.15) is 0 Å². The van der Waals surface area contributed by atoms with Gasteiger partial charge in [-0.05, 0) is 47.9 Å². The van der Waals surface area contributed by atoms with Gasteiger partial charge in [-0.3, -0.25) is 0 Å². The third-order valence-electron chi connectivity index (χ3n) is 11.3. The van der Waals surface area contributed by atoms with Crippen molar-refractivity contribution in [3.63, 3.8) is 0 Å². The number of hydrogen-bond acceptors (Lipinski definition) is 3. The summed E-state index contributed by atoms with van der Waals surface area (Å²) < 4.78 is 4.89. The van der Waals surface area contributed by atoms with Gasteiger partial charge in [0.05, 0.1) is 27.8 Å². The molecule has 0 aliphatic carbocycles. The van der Waals surface area contributed by atoms with E-state index in [-0.39, 0.29) is 0 Å². The Morgan fingerprint density at radius 1 is 0.357 bits per heavy atom. The van der Waals surface area contributed by atoms with Crippen LogP contribution in [0.25, 0.3) is 100 Å². The van der Waals surface area contributed by atoms with E-state index in [2.05, 4.69) is 161 Å². The second kappa shape index (κ2) is 11.9. The Bertz CT molecular complexity index is 3340. The highest BCUT2D eigenvalue weighted by Gasteiger charge is 2.27. The van der Waals surface area contributed by atoms with Gasteiger partial charge in [0.25, 0.3) is 0 Å². The van der Waals surface area contributed by atoms with Crippen LogP contribution >= 0.6 is 0 Å². The fourth-order valence-electron chi connectivity index (χ4n) is 8.89. The van der Waals surface area contributed by atoms with Crippen molar-refractivity contribution in [3.8, 4) is 34.2 Å². The molecule has 1 aliphatic rings. The van der Waals surface area contributed by atoms with Crippen molar-refractivity contribution in [3.05, 3.63) is 199 Å². The number of hydrogen-bond donors (Lipinski definition) is 0. The molecule has 5 nitrogen and oxygen atoms in total. The Kier molecular flexibility index (Phi) is 6.56. The second-order valence-electron chi connectivity index (χ2n) is 14.4. The molecule has 0 amide bonds. The van der Waals surface area contributed by atoms with Gasteiger partial charge in [-0.25, -0.2) is 15.0 Å². The Morgan fingerprint density at radius 2 is 0.875 bits per heavy atom. The predicted octanol–water partition coefficient (Wildman–Crippen LogP) is 12.5. The molecule has 4 heterocycles. The molecule has 8 aromatic carbocycles. The monoisotopic (exact) mass is 713 g/mol. The van der Waals surface area contributed by atoms with E-state index in [1.165, 1.54) is 48.9 Å². The lowest BCUT2D eigenvalue weighted by Gasteiger charge is -2.14. The minimum Gasteiger partial charge on any atom is -0.309 e. The summed E-state index contributed by atoms with van der Waals surface area (Å²) in [7, 11) is 0. The van der Waals surface area contributed by atoms with E-state index in [1.54, 1.807) is 0 Å². The third kappa shape index (κ3) is 4.46. The minimum atomic E-state index is 0.629. The van der Waals surface area contributed by atoms with Gasteiger partial charge in [0, 0.05) is 60.4 Å². The summed E-state index contributed by atoms with van der Waals surface area (Å²) in [6.07, 6.45) is 2.34. The van der Waals surface area contributed by atoms with E-state index in [0.717, 1.165) is 44.7 Å². The van der Waals surface area contributed by atoms with Gasteiger partial charge in [-0.15, -0.1) is 0 Å². The Labute approximate surface area is 322 Å². The molecule has 0 atom stereocenters. The predicted molar refractivity (Wildman–Crippen MR) is 230 cm³/mol. The molecule has 3 aromatic heterocycles. The number of nitrogens with zero attached hydrogens (tertiary/aromatic N) is 5. The van der Waals surface area contributed by atoms with Crippen LogP contribution in [0.15, 0.2) is 182 Å². The molecule has 0 saturated heterocycles. The first-order valence-corrected chi connectivity index (χ1v) is 19.0. The van der Waals surface area contributed by atoms with E-state index in [4.69, 9.17) is 15.0 Å². The lowest BCUT2D eigenvalue weighted by molar-refractivity contribution is 1.03. The molecular weight excluding hydrogens is 683 g/mol. The quantitative estimate of drug-likeness (QED) is 0.182. The molecule has 0 N–H and O–H groups in total.